The summed E-state index contributed by atoms with van der Waals surface area (Å²) in [6.07, 6.45) is 3.54. The van der Waals surface area contributed by atoms with Crippen molar-refractivity contribution in [1.82, 2.24) is 15.0 Å². The molecule has 0 N–H and O–H groups in total. The molecule has 0 saturated carbocycles. The standard InChI is InChI=1S/C11H13N3O/c1-7(2)15-11-13-8(3)9-4-5-12-6-10(9)14-11/h4-7H,1-3H3. The lowest BCUT2D eigenvalue weighted by Gasteiger charge is -2.09. The van der Waals surface area contributed by atoms with E-state index in [0.717, 1.165) is 16.6 Å². The number of rotatable bonds is 2. The first-order valence-electron chi connectivity index (χ1n) is 4.92. The van der Waals surface area contributed by atoms with Crippen LogP contribution < -0.4 is 4.74 Å². The van der Waals surface area contributed by atoms with Crippen molar-refractivity contribution >= 4 is 10.9 Å². The summed E-state index contributed by atoms with van der Waals surface area (Å²) in [4.78, 5) is 12.6. The number of fused-ring (bicyclic) bond motifs is 1. The third-order valence-electron chi connectivity index (χ3n) is 2.01. The van der Waals surface area contributed by atoms with E-state index in [1.54, 1.807) is 12.4 Å². The lowest BCUT2D eigenvalue weighted by molar-refractivity contribution is 0.222. The molecule has 0 fully saturated rings. The molecule has 2 aromatic rings. The maximum atomic E-state index is 5.45. The lowest BCUT2D eigenvalue weighted by atomic mass is 10.2. The summed E-state index contributed by atoms with van der Waals surface area (Å²) >= 11 is 0. The van der Waals surface area contributed by atoms with Crippen molar-refractivity contribution in [1.29, 1.82) is 0 Å². The van der Waals surface area contributed by atoms with E-state index < -0.39 is 0 Å². The number of ether oxygens (including phenoxy) is 1. The Labute approximate surface area is 88.3 Å². The normalized spacial score (nSPS) is 10.9. The summed E-state index contributed by atoms with van der Waals surface area (Å²) in [5, 5.41) is 1.01. The highest BCUT2D eigenvalue weighted by Crippen LogP contribution is 2.17. The number of hydrogen-bond donors (Lipinski definition) is 0. The Hall–Kier alpha value is -1.71. The van der Waals surface area contributed by atoms with Crippen LogP contribution in [0.5, 0.6) is 6.01 Å². The van der Waals surface area contributed by atoms with Gasteiger partial charge in [-0.3, -0.25) is 4.98 Å². The second-order valence-corrected chi connectivity index (χ2v) is 3.65. The second kappa shape index (κ2) is 3.81. The van der Waals surface area contributed by atoms with Gasteiger partial charge in [0.05, 0.1) is 23.5 Å². The van der Waals surface area contributed by atoms with Crippen molar-refractivity contribution in [2.24, 2.45) is 0 Å². The molecule has 2 heterocycles. The third kappa shape index (κ3) is 2.03. The molecular formula is C11H13N3O. The molecule has 0 atom stereocenters. The molecule has 4 nitrogen and oxygen atoms in total. The molecule has 0 saturated heterocycles. The molecule has 0 aliphatic carbocycles. The van der Waals surface area contributed by atoms with E-state index >= 15 is 0 Å². The van der Waals surface area contributed by atoms with Crippen molar-refractivity contribution in [3.8, 4) is 6.01 Å². The van der Waals surface area contributed by atoms with Gasteiger partial charge in [0.2, 0.25) is 0 Å². The van der Waals surface area contributed by atoms with E-state index in [1.807, 2.05) is 26.8 Å². The van der Waals surface area contributed by atoms with E-state index in [9.17, 15) is 0 Å². The average Bonchev–Trinajstić information content (AvgIpc) is 2.16. The topological polar surface area (TPSA) is 47.9 Å². The van der Waals surface area contributed by atoms with Crippen LogP contribution in [-0.2, 0) is 0 Å². The first kappa shape index (κ1) is 9.83. The van der Waals surface area contributed by atoms with Gasteiger partial charge in [0, 0.05) is 11.6 Å². The minimum atomic E-state index is 0.0820. The maximum Gasteiger partial charge on any atom is 0.317 e. The summed E-state index contributed by atoms with van der Waals surface area (Å²) < 4.78 is 5.45. The molecule has 0 aromatic carbocycles. The fourth-order valence-electron chi connectivity index (χ4n) is 1.38. The Morgan fingerprint density at radius 3 is 2.80 bits per heavy atom. The van der Waals surface area contributed by atoms with E-state index in [-0.39, 0.29) is 6.10 Å². The fraction of sp³-hybridized carbons (Fsp3) is 0.364. The van der Waals surface area contributed by atoms with Crippen molar-refractivity contribution in [2.75, 3.05) is 0 Å². The Bertz CT molecular complexity index is 482. The van der Waals surface area contributed by atoms with Crippen LogP contribution in [0.25, 0.3) is 10.9 Å². The molecule has 78 valence electrons. The van der Waals surface area contributed by atoms with E-state index in [2.05, 4.69) is 15.0 Å². The molecule has 0 radical (unpaired) electrons. The smallest absolute Gasteiger partial charge is 0.317 e. The molecule has 0 spiro atoms. The molecule has 0 unspecified atom stereocenters. The molecule has 2 aromatic heterocycles. The molecular weight excluding hydrogens is 190 g/mol. The monoisotopic (exact) mass is 203 g/mol. The van der Waals surface area contributed by atoms with Crippen LogP contribution in [0.3, 0.4) is 0 Å². The van der Waals surface area contributed by atoms with Gasteiger partial charge in [0.15, 0.2) is 0 Å². The Morgan fingerprint density at radius 1 is 1.27 bits per heavy atom. The average molecular weight is 203 g/mol. The Morgan fingerprint density at radius 2 is 2.07 bits per heavy atom. The van der Waals surface area contributed by atoms with Crippen molar-refractivity contribution < 1.29 is 4.74 Å². The summed E-state index contributed by atoms with van der Waals surface area (Å²) in [5.74, 6) is 0. The highest BCUT2D eigenvalue weighted by Gasteiger charge is 2.06. The van der Waals surface area contributed by atoms with E-state index in [4.69, 9.17) is 4.74 Å². The van der Waals surface area contributed by atoms with Gasteiger partial charge in [0.25, 0.3) is 0 Å². The van der Waals surface area contributed by atoms with Gasteiger partial charge in [-0.2, -0.15) is 9.97 Å². The molecule has 2 rings (SSSR count). The Kier molecular flexibility index (Phi) is 2.49. The first-order chi connectivity index (χ1) is 7.16. The summed E-state index contributed by atoms with van der Waals surface area (Å²) in [6.45, 7) is 5.84. The van der Waals surface area contributed by atoms with Gasteiger partial charge in [0.1, 0.15) is 0 Å². The van der Waals surface area contributed by atoms with Crippen LogP contribution in [0.15, 0.2) is 18.5 Å². The SMILES string of the molecule is Cc1nc(OC(C)C)nc2cnccc12. The molecule has 0 aliphatic rings. The van der Waals surface area contributed by atoms with Crippen molar-refractivity contribution in [3.05, 3.63) is 24.2 Å². The molecule has 15 heavy (non-hydrogen) atoms. The van der Waals surface area contributed by atoms with Gasteiger partial charge in [-0.25, -0.2) is 0 Å². The quantitative estimate of drug-likeness (QED) is 0.750. The van der Waals surface area contributed by atoms with Crippen LogP contribution in [0, 0.1) is 6.92 Å². The van der Waals surface area contributed by atoms with Crippen molar-refractivity contribution in [2.45, 2.75) is 26.9 Å². The maximum absolute atomic E-state index is 5.45. The van der Waals surface area contributed by atoms with Crippen molar-refractivity contribution in [3.63, 3.8) is 0 Å². The lowest BCUT2D eigenvalue weighted by Crippen LogP contribution is -2.09. The van der Waals surface area contributed by atoms with Gasteiger partial charge < -0.3 is 4.74 Å². The minimum Gasteiger partial charge on any atom is -0.461 e. The zero-order valence-corrected chi connectivity index (χ0v) is 9.06. The molecule has 0 bridgehead atoms. The summed E-state index contributed by atoms with van der Waals surface area (Å²) in [7, 11) is 0. The Balaban J connectivity index is 2.52. The highest BCUT2D eigenvalue weighted by molar-refractivity contribution is 5.79. The van der Waals surface area contributed by atoms with Crippen LogP contribution in [0.1, 0.15) is 19.5 Å². The van der Waals surface area contributed by atoms with Gasteiger partial charge in [-0.05, 0) is 26.8 Å². The molecule has 0 aliphatic heterocycles. The number of pyridine rings is 1. The molecule has 4 heteroatoms. The predicted molar refractivity (Wildman–Crippen MR) is 57.8 cm³/mol. The molecule has 0 amide bonds. The number of nitrogens with zero attached hydrogens (tertiary/aromatic N) is 3. The fourth-order valence-corrected chi connectivity index (χ4v) is 1.38. The van der Waals surface area contributed by atoms with Gasteiger partial charge in [-0.1, -0.05) is 0 Å². The predicted octanol–water partition coefficient (Wildman–Crippen LogP) is 2.12. The zero-order chi connectivity index (χ0) is 10.8. The number of aromatic nitrogens is 3. The van der Waals surface area contributed by atoms with Crippen LogP contribution >= 0.6 is 0 Å². The number of aryl methyl sites for hydroxylation is 1. The second-order valence-electron chi connectivity index (χ2n) is 3.65. The first-order valence-corrected chi connectivity index (χ1v) is 4.92. The van der Waals surface area contributed by atoms with Crippen LogP contribution in [-0.4, -0.2) is 21.1 Å². The largest absolute Gasteiger partial charge is 0.461 e. The third-order valence-corrected chi connectivity index (χ3v) is 2.01. The summed E-state index contributed by atoms with van der Waals surface area (Å²) in [6, 6.07) is 2.33. The highest BCUT2D eigenvalue weighted by atomic mass is 16.5. The summed E-state index contributed by atoms with van der Waals surface area (Å²) in [5.41, 5.74) is 1.73. The number of hydrogen-bond acceptors (Lipinski definition) is 4. The van der Waals surface area contributed by atoms with Gasteiger partial charge >= 0.3 is 6.01 Å². The van der Waals surface area contributed by atoms with Crippen LogP contribution in [0.4, 0.5) is 0 Å². The van der Waals surface area contributed by atoms with Crippen LogP contribution in [0.2, 0.25) is 0 Å². The zero-order valence-electron chi connectivity index (χ0n) is 9.06. The van der Waals surface area contributed by atoms with Gasteiger partial charge in [-0.15, -0.1) is 0 Å². The van der Waals surface area contributed by atoms with E-state index in [0.29, 0.717) is 6.01 Å². The van der Waals surface area contributed by atoms with E-state index in [1.165, 1.54) is 0 Å². The minimum absolute atomic E-state index is 0.0820.